The Bertz CT molecular complexity index is 247. The van der Waals surface area contributed by atoms with Gasteiger partial charge in [-0.05, 0) is 19.8 Å². The van der Waals surface area contributed by atoms with Crippen LogP contribution in [0.2, 0.25) is 0 Å². The molecule has 2 heterocycles. The summed E-state index contributed by atoms with van der Waals surface area (Å²) in [7, 11) is 0. The van der Waals surface area contributed by atoms with Gasteiger partial charge in [0.05, 0.1) is 6.61 Å². The van der Waals surface area contributed by atoms with E-state index in [1.807, 2.05) is 6.92 Å². The molecule has 4 nitrogen and oxygen atoms in total. The fourth-order valence-electron chi connectivity index (χ4n) is 2.76. The standard InChI is InChI=1S/C13H22O4/c1-2-17-13(5-8-15-9-6-13)12(14)11-4-3-7-16-10-11/h11H,2-10H2,1H3. The highest BCUT2D eigenvalue weighted by Crippen LogP contribution is 2.31. The van der Waals surface area contributed by atoms with Crippen molar-refractivity contribution in [2.45, 2.75) is 38.2 Å². The third-order valence-electron chi connectivity index (χ3n) is 3.70. The van der Waals surface area contributed by atoms with Crippen LogP contribution in [0, 0.1) is 5.92 Å². The molecule has 0 amide bonds. The number of carbonyl (C=O) groups excluding carboxylic acids is 1. The van der Waals surface area contributed by atoms with Crippen molar-refractivity contribution in [3.8, 4) is 0 Å². The van der Waals surface area contributed by atoms with Crippen LogP contribution in [0.25, 0.3) is 0 Å². The SMILES string of the molecule is CCOC1(C(=O)C2CCCOC2)CCOCC1. The molecule has 2 aliphatic heterocycles. The third kappa shape index (κ3) is 2.87. The van der Waals surface area contributed by atoms with E-state index in [0.717, 1.165) is 19.4 Å². The average Bonchev–Trinajstić information content (AvgIpc) is 2.40. The molecular formula is C13H22O4. The van der Waals surface area contributed by atoms with Gasteiger partial charge in [-0.2, -0.15) is 0 Å². The fourth-order valence-corrected chi connectivity index (χ4v) is 2.76. The minimum Gasteiger partial charge on any atom is -0.381 e. The maximum absolute atomic E-state index is 12.6. The van der Waals surface area contributed by atoms with E-state index >= 15 is 0 Å². The van der Waals surface area contributed by atoms with Crippen molar-refractivity contribution in [3.05, 3.63) is 0 Å². The number of ether oxygens (including phenoxy) is 3. The van der Waals surface area contributed by atoms with Crippen molar-refractivity contribution in [2.24, 2.45) is 5.92 Å². The quantitative estimate of drug-likeness (QED) is 0.750. The Kier molecular flexibility index (Phi) is 4.54. The first-order valence-corrected chi connectivity index (χ1v) is 6.62. The maximum Gasteiger partial charge on any atom is 0.170 e. The van der Waals surface area contributed by atoms with E-state index in [-0.39, 0.29) is 11.7 Å². The monoisotopic (exact) mass is 242 g/mol. The Hall–Kier alpha value is -0.450. The molecule has 2 saturated heterocycles. The van der Waals surface area contributed by atoms with Crippen molar-refractivity contribution in [1.29, 1.82) is 0 Å². The Morgan fingerprint density at radius 2 is 2.06 bits per heavy atom. The molecule has 0 saturated carbocycles. The molecule has 2 fully saturated rings. The lowest BCUT2D eigenvalue weighted by atomic mass is 9.80. The van der Waals surface area contributed by atoms with E-state index < -0.39 is 5.60 Å². The summed E-state index contributed by atoms with van der Waals surface area (Å²) in [6.07, 6.45) is 3.30. The molecule has 1 atom stereocenters. The molecule has 0 radical (unpaired) electrons. The molecule has 0 aromatic carbocycles. The second-order valence-corrected chi connectivity index (χ2v) is 4.82. The van der Waals surface area contributed by atoms with Gasteiger partial charge in [-0.3, -0.25) is 4.79 Å². The van der Waals surface area contributed by atoms with Crippen molar-refractivity contribution in [3.63, 3.8) is 0 Å². The highest BCUT2D eigenvalue weighted by molar-refractivity contribution is 5.89. The Morgan fingerprint density at radius 3 is 2.65 bits per heavy atom. The van der Waals surface area contributed by atoms with Crippen molar-refractivity contribution < 1.29 is 19.0 Å². The summed E-state index contributed by atoms with van der Waals surface area (Å²) in [6.45, 7) is 5.13. The van der Waals surface area contributed by atoms with Gasteiger partial charge in [0.15, 0.2) is 5.78 Å². The molecule has 0 N–H and O–H groups in total. The highest BCUT2D eigenvalue weighted by atomic mass is 16.5. The van der Waals surface area contributed by atoms with E-state index in [1.54, 1.807) is 0 Å². The van der Waals surface area contributed by atoms with Gasteiger partial charge in [0.1, 0.15) is 5.60 Å². The average molecular weight is 242 g/mol. The smallest absolute Gasteiger partial charge is 0.170 e. The molecule has 0 bridgehead atoms. The molecule has 2 aliphatic rings. The van der Waals surface area contributed by atoms with Gasteiger partial charge < -0.3 is 14.2 Å². The predicted octanol–water partition coefficient (Wildman–Crippen LogP) is 1.57. The van der Waals surface area contributed by atoms with Gasteiger partial charge >= 0.3 is 0 Å². The summed E-state index contributed by atoms with van der Waals surface area (Å²) < 4.78 is 16.6. The molecule has 1 unspecified atom stereocenters. The zero-order valence-corrected chi connectivity index (χ0v) is 10.6. The van der Waals surface area contributed by atoms with Gasteiger partial charge in [0, 0.05) is 45.2 Å². The van der Waals surface area contributed by atoms with Crippen LogP contribution in [0.4, 0.5) is 0 Å². The molecule has 2 rings (SSSR count). The van der Waals surface area contributed by atoms with Crippen LogP contribution < -0.4 is 0 Å². The topological polar surface area (TPSA) is 44.8 Å². The number of carbonyl (C=O) groups is 1. The summed E-state index contributed by atoms with van der Waals surface area (Å²) in [5.41, 5.74) is -0.599. The number of Topliss-reactive ketones (excluding diaryl/α,β-unsaturated/α-hetero) is 1. The molecule has 17 heavy (non-hydrogen) atoms. The van der Waals surface area contributed by atoms with E-state index in [4.69, 9.17) is 14.2 Å². The lowest BCUT2D eigenvalue weighted by molar-refractivity contribution is -0.165. The number of rotatable bonds is 4. The van der Waals surface area contributed by atoms with Crippen LogP contribution in [0.1, 0.15) is 32.6 Å². The van der Waals surface area contributed by atoms with E-state index in [1.165, 1.54) is 0 Å². The first-order valence-electron chi connectivity index (χ1n) is 6.62. The zero-order chi connectivity index (χ0) is 12.1. The number of hydrogen-bond donors (Lipinski definition) is 0. The van der Waals surface area contributed by atoms with Gasteiger partial charge in [-0.25, -0.2) is 0 Å². The normalized spacial score (nSPS) is 28.9. The predicted molar refractivity (Wildman–Crippen MR) is 63.0 cm³/mol. The van der Waals surface area contributed by atoms with Crippen molar-refractivity contribution in [1.82, 2.24) is 0 Å². The highest BCUT2D eigenvalue weighted by Gasteiger charge is 2.44. The largest absolute Gasteiger partial charge is 0.381 e. The maximum atomic E-state index is 12.6. The fraction of sp³-hybridized carbons (Fsp3) is 0.923. The summed E-state index contributed by atoms with van der Waals surface area (Å²) >= 11 is 0. The lowest BCUT2D eigenvalue weighted by Crippen LogP contribution is -2.50. The van der Waals surface area contributed by atoms with Crippen molar-refractivity contribution >= 4 is 5.78 Å². The second-order valence-electron chi connectivity index (χ2n) is 4.82. The van der Waals surface area contributed by atoms with E-state index in [0.29, 0.717) is 39.3 Å². The minimum atomic E-state index is -0.599. The first kappa shape index (κ1) is 13.0. The van der Waals surface area contributed by atoms with Crippen LogP contribution in [0.5, 0.6) is 0 Å². The molecule has 0 aliphatic carbocycles. The summed E-state index contributed by atoms with van der Waals surface area (Å²) in [6, 6.07) is 0. The molecule has 4 heteroatoms. The van der Waals surface area contributed by atoms with E-state index in [9.17, 15) is 4.79 Å². The number of ketones is 1. The van der Waals surface area contributed by atoms with Crippen molar-refractivity contribution in [2.75, 3.05) is 33.0 Å². The van der Waals surface area contributed by atoms with Gasteiger partial charge in [0.2, 0.25) is 0 Å². The third-order valence-corrected chi connectivity index (χ3v) is 3.70. The Labute approximate surface area is 103 Å². The van der Waals surface area contributed by atoms with Gasteiger partial charge in [-0.1, -0.05) is 0 Å². The lowest BCUT2D eigenvalue weighted by Gasteiger charge is -2.38. The Balaban J connectivity index is 2.05. The first-order chi connectivity index (χ1) is 8.28. The number of hydrogen-bond acceptors (Lipinski definition) is 4. The zero-order valence-electron chi connectivity index (χ0n) is 10.6. The molecule has 98 valence electrons. The summed E-state index contributed by atoms with van der Waals surface area (Å²) in [5, 5.41) is 0. The molecule has 0 aromatic heterocycles. The van der Waals surface area contributed by atoms with E-state index in [2.05, 4.69) is 0 Å². The molecule has 0 spiro atoms. The van der Waals surface area contributed by atoms with Gasteiger partial charge in [0.25, 0.3) is 0 Å². The van der Waals surface area contributed by atoms with Crippen LogP contribution in [-0.2, 0) is 19.0 Å². The van der Waals surface area contributed by atoms with Crippen LogP contribution >= 0.6 is 0 Å². The molecular weight excluding hydrogens is 220 g/mol. The minimum absolute atomic E-state index is 0.0217. The van der Waals surface area contributed by atoms with Gasteiger partial charge in [-0.15, -0.1) is 0 Å². The van der Waals surface area contributed by atoms with Crippen LogP contribution in [0.3, 0.4) is 0 Å². The summed E-state index contributed by atoms with van der Waals surface area (Å²) in [4.78, 5) is 12.6. The second kappa shape index (κ2) is 5.94. The molecule has 0 aromatic rings. The van der Waals surface area contributed by atoms with Crippen LogP contribution in [-0.4, -0.2) is 44.4 Å². The summed E-state index contributed by atoms with van der Waals surface area (Å²) in [5.74, 6) is 0.260. The Morgan fingerprint density at radius 1 is 1.29 bits per heavy atom. The van der Waals surface area contributed by atoms with Crippen LogP contribution in [0.15, 0.2) is 0 Å².